The average molecular weight is 235 g/mol. The summed E-state index contributed by atoms with van der Waals surface area (Å²) in [6, 6.07) is 0. The van der Waals surface area contributed by atoms with Crippen molar-refractivity contribution < 1.29 is 4.79 Å². The Balaban J connectivity index is 1.55. The maximum absolute atomic E-state index is 11.9. The molecule has 2 nitrogen and oxygen atoms in total. The first-order valence-corrected chi connectivity index (χ1v) is 7.13. The molecule has 1 N–H and O–H groups in total. The third kappa shape index (κ3) is 3.34. The highest BCUT2D eigenvalue weighted by Gasteiger charge is 2.38. The van der Waals surface area contributed by atoms with E-state index >= 15 is 0 Å². The Morgan fingerprint density at radius 3 is 2.41 bits per heavy atom. The lowest BCUT2D eigenvalue weighted by molar-refractivity contribution is -0.124. The zero-order valence-electron chi connectivity index (χ0n) is 11.1. The van der Waals surface area contributed by atoms with Crippen LogP contribution in [0, 0.1) is 23.7 Å². The zero-order valence-corrected chi connectivity index (χ0v) is 11.1. The second-order valence-corrected chi connectivity index (χ2v) is 6.06. The lowest BCUT2D eigenvalue weighted by Crippen LogP contribution is -2.30. The van der Waals surface area contributed by atoms with Gasteiger partial charge in [0.25, 0.3) is 0 Å². The molecule has 1 fully saturated rings. The molecule has 0 aromatic rings. The third-order valence-corrected chi connectivity index (χ3v) is 4.15. The Kier molecular flexibility index (Phi) is 4.25. The number of hydrogen-bond acceptors (Lipinski definition) is 1. The molecule has 0 aromatic heterocycles. The summed E-state index contributed by atoms with van der Waals surface area (Å²) in [6.07, 6.45) is 10.3. The van der Waals surface area contributed by atoms with Crippen molar-refractivity contribution in [2.24, 2.45) is 23.7 Å². The van der Waals surface area contributed by atoms with E-state index in [0.29, 0.717) is 17.7 Å². The molecular formula is C15H25NO. The number of fused-ring (bicyclic) bond motifs is 1. The zero-order chi connectivity index (χ0) is 12.3. The summed E-state index contributed by atoms with van der Waals surface area (Å²) in [5, 5.41) is 3.10. The molecule has 0 heterocycles. The molecule has 17 heavy (non-hydrogen) atoms. The van der Waals surface area contributed by atoms with E-state index in [1.807, 2.05) is 0 Å². The number of allylic oxidation sites excluding steroid dienone is 2. The minimum absolute atomic E-state index is 0.282. The van der Waals surface area contributed by atoms with Crippen LogP contribution < -0.4 is 5.32 Å². The summed E-state index contributed by atoms with van der Waals surface area (Å²) in [7, 11) is 0. The number of hydrogen-bond donors (Lipinski definition) is 1. The van der Waals surface area contributed by atoms with E-state index < -0.39 is 0 Å². The normalized spacial score (nSPS) is 30.2. The van der Waals surface area contributed by atoms with Crippen LogP contribution in [-0.2, 0) is 4.79 Å². The van der Waals surface area contributed by atoms with Gasteiger partial charge in [0.05, 0.1) is 0 Å². The molecule has 0 aliphatic heterocycles. The monoisotopic (exact) mass is 235 g/mol. The molecule has 2 rings (SSSR count). The average Bonchev–Trinajstić information content (AvgIpc) is 2.54. The molecular weight excluding hydrogens is 210 g/mol. The van der Waals surface area contributed by atoms with Crippen LogP contribution in [0.2, 0.25) is 0 Å². The Morgan fingerprint density at radius 1 is 1.24 bits per heavy atom. The number of nitrogens with one attached hydrogen (secondary N) is 1. The van der Waals surface area contributed by atoms with Crippen molar-refractivity contribution in [3.63, 3.8) is 0 Å². The van der Waals surface area contributed by atoms with Gasteiger partial charge in [0, 0.05) is 12.5 Å². The van der Waals surface area contributed by atoms with Crippen LogP contribution in [0.5, 0.6) is 0 Å². The molecule has 96 valence electrons. The van der Waals surface area contributed by atoms with E-state index in [-0.39, 0.29) is 5.92 Å². The Labute approximate surface area is 105 Å². The molecule has 0 radical (unpaired) electrons. The lowest BCUT2D eigenvalue weighted by Gasteiger charge is -2.19. The maximum Gasteiger partial charge on any atom is 0.223 e. The van der Waals surface area contributed by atoms with Crippen LogP contribution in [0.25, 0.3) is 0 Å². The second kappa shape index (κ2) is 5.70. The van der Waals surface area contributed by atoms with Gasteiger partial charge in [-0.1, -0.05) is 38.8 Å². The molecule has 0 saturated heterocycles. The largest absolute Gasteiger partial charge is 0.356 e. The van der Waals surface area contributed by atoms with Gasteiger partial charge in [-0.05, 0) is 37.0 Å². The van der Waals surface area contributed by atoms with Crippen LogP contribution in [0.4, 0.5) is 0 Å². The van der Waals surface area contributed by atoms with Crippen molar-refractivity contribution in [3.05, 3.63) is 12.2 Å². The fourth-order valence-electron chi connectivity index (χ4n) is 2.93. The van der Waals surface area contributed by atoms with Crippen LogP contribution in [0.15, 0.2) is 12.2 Å². The van der Waals surface area contributed by atoms with Crippen molar-refractivity contribution in [1.29, 1.82) is 0 Å². The van der Waals surface area contributed by atoms with Crippen molar-refractivity contribution >= 4 is 5.91 Å². The molecule has 0 spiro atoms. The highest BCUT2D eigenvalue weighted by atomic mass is 16.1. The standard InChI is InChI=1S/C15H25NO/c1-11(2)5-3-4-8-16-15(17)14-9-12-6-7-13(12)10-14/h6-7,11-14H,3-5,8-10H2,1-2H3,(H,16,17). The lowest BCUT2D eigenvalue weighted by atomic mass is 9.86. The molecule has 0 bridgehead atoms. The highest BCUT2D eigenvalue weighted by molar-refractivity contribution is 5.79. The van der Waals surface area contributed by atoms with Gasteiger partial charge in [-0.25, -0.2) is 0 Å². The molecule has 1 amide bonds. The van der Waals surface area contributed by atoms with Gasteiger partial charge < -0.3 is 5.32 Å². The summed E-state index contributed by atoms with van der Waals surface area (Å²) >= 11 is 0. The van der Waals surface area contributed by atoms with Gasteiger partial charge in [-0.3, -0.25) is 4.79 Å². The van der Waals surface area contributed by atoms with Crippen molar-refractivity contribution in [2.75, 3.05) is 6.54 Å². The Morgan fingerprint density at radius 2 is 1.88 bits per heavy atom. The minimum atomic E-state index is 0.282. The first-order chi connectivity index (χ1) is 8.16. The highest BCUT2D eigenvalue weighted by Crippen LogP contribution is 2.43. The van der Waals surface area contributed by atoms with Crippen LogP contribution >= 0.6 is 0 Å². The molecule has 2 aliphatic rings. The molecule has 1 saturated carbocycles. The fraction of sp³-hybridized carbons (Fsp3) is 0.800. The minimum Gasteiger partial charge on any atom is -0.356 e. The van der Waals surface area contributed by atoms with Gasteiger partial charge >= 0.3 is 0 Å². The van der Waals surface area contributed by atoms with Gasteiger partial charge in [0.15, 0.2) is 0 Å². The summed E-state index contributed by atoms with van der Waals surface area (Å²) in [4.78, 5) is 11.9. The van der Waals surface area contributed by atoms with Gasteiger partial charge in [-0.2, -0.15) is 0 Å². The summed E-state index contributed by atoms with van der Waals surface area (Å²) in [5.74, 6) is 2.79. The second-order valence-electron chi connectivity index (χ2n) is 6.06. The molecule has 2 aliphatic carbocycles. The Hall–Kier alpha value is -0.790. The van der Waals surface area contributed by atoms with Crippen molar-refractivity contribution in [2.45, 2.75) is 46.0 Å². The van der Waals surface area contributed by atoms with Gasteiger partial charge in [0.1, 0.15) is 0 Å². The summed E-state index contributed by atoms with van der Waals surface area (Å²) < 4.78 is 0. The predicted molar refractivity (Wildman–Crippen MR) is 70.5 cm³/mol. The predicted octanol–water partition coefficient (Wildman–Crippen LogP) is 3.14. The van der Waals surface area contributed by atoms with Gasteiger partial charge in [0.2, 0.25) is 5.91 Å². The first kappa shape index (κ1) is 12.7. The van der Waals surface area contributed by atoms with Crippen molar-refractivity contribution in [3.8, 4) is 0 Å². The fourth-order valence-corrected chi connectivity index (χ4v) is 2.93. The molecule has 2 unspecified atom stereocenters. The topological polar surface area (TPSA) is 29.1 Å². The molecule has 2 atom stereocenters. The van der Waals surface area contributed by atoms with Crippen LogP contribution in [0.3, 0.4) is 0 Å². The smallest absolute Gasteiger partial charge is 0.223 e. The van der Waals surface area contributed by atoms with Crippen molar-refractivity contribution in [1.82, 2.24) is 5.32 Å². The number of unbranched alkanes of at least 4 members (excludes halogenated alkanes) is 1. The summed E-state index contributed by atoms with van der Waals surface area (Å²) in [6.45, 7) is 5.37. The van der Waals surface area contributed by atoms with E-state index in [2.05, 4.69) is 31.3 Å². The van der Waals surface area contributed by atoms with E-state index in [1.54, 1.807) is 0 Å². The van der Waals surface area contributed by atoms with E-state index in [0.717, 1.165) is 31.7 Å². The maximum atomic E-state index is 11.9. The van der Waals surface area contributed by atoms with E-state index in [9.17, 15) is 4.79 Å². The number of rotatable bonds is 6. The quantitative estimate of drug-likeness (QED) is 0.556. The van der Waals surface area contributed by atoms with Gasteiger partial charge in [-0.15, -0.1) is 0 Å². The SMILES string of the molecule is CC(C)CCCCNC(=O)C1CC2C=CC2C1. The summed E-state index contributed by atoms with van der Waals surface area (Å²) in [5.41, 5.74) is 0. The molecule has 0 aromatic carbocycles. The Bertz CT molecular complexity index is 281. The van der Waals surface area contributed by atoms with Crippen LogP contribution in [0.1, 0.15) is 46.0 Å². The first-order valence-electron chi connectivity index (χ1n) is 7.13. The number of carbonyl (C=O) groups excluding carboxylic acids is 1. The molecule has 2 heteroatoms. The van der Waals surface area contributed by atoms with Crippen LogP contribution in [-0.4, -0.2) is 12.5 Å². The number of carbonyl (C=O) groups is 1. The van der Waals surface area contributed by atoms with E-state index in [4.69, 9.17) is 0 Å². The third-order valence-electron chi connectivity index (χ3n) is 4.15. The van der Waals surface area contributed by atoms with E-state index in [1.165, 1.54) is 12.8 Å². The number of amides is 1.